The molecule has 1 N–H and O–H groups in total. The van der Waals surface area contributed by atoms with Gasteiger partial charge in [0.1, 0.15) is 17.2 Å². The van der Waals surface area contributed by atoms with Crippen LogP contribution in [-0.4, -0.2) is 11.3 Å². The van der Waals surface area contributed by atoms with Crippen molar-refractivity contribution in [2.75, 3.05) is 0 Å². The number of hydrogen-bond donors (Lipinski definition) is 1. The zero-order chi connectivity index (χ0) is 20.1. The molecule has 5 rings (SSSR count). The first-order valence-corrected chi connectivity index (χ1v) is 10.3. The highest BCUT2D eigenvalue weighted by Crippen LogP contribution is 2.63. The Morgan fingerprint density at radius 1 is 1.00 bits per heavy atom. The van der Waals surface area contributed by atoms with E-state index in [9.17, 15) is 9.90 Å². The number of hydrogen-bond acceptors (Lipinski definition) is 4. The summed E-state index contributed by atoms with van der Waals surface area (Å²) in [5, 5.41) is 12.6. The van der Waals surface area contributed by atoms with Crippen molar-refractivity contribution >= 4 is 16.9 Å². The van der Waals surface area contributed by atoms with E-state index in [1.807, 2.05) is 36.4 Å². The third-order valence-corrected chi connectivity index (χ3v) is 6.71. The van der Waals surface area contributed by atoms with Crippen LogP contribution in [0.4, 0.5) is 4.79 Å². The molecule has 2 aliphatic carbocycles. The summed E-state index contributed by atoms with van der Waals surface area (Å²) in [6.07, 6.45) is 2.24. The highest BCUT2D eigenvalue weighted by molar-refractivity contribution is 5.98. The number of aromatic hydroxyl groups is 1. The maximum Gasteiger partial charge on any atom is 0.519 e. The summed E-state index contributed by atoms with van der Waals surface area (Å²) in [5.41, 5.74) is 3.10. The molecule has 148 valence electrons. The predicted molar refractivity (Wildman–Crippen MR) is 112 cm³/mol. The SMILES string of the molecule is CCc1ccc2c(O)c3c(c(OC(=O)Oc4ccccc4)c2c1)C1CCC3C1C. The van der Waals surface area contributed by atoms with Gasteiger partial charge in [-0.3, -0.25) is 0 Å². The molecular weight excluding hydrogens is 364 g/mol. The van der Waals surface area contributed by atoms with Gasteiger partial charge in [-0.25, -0.2) is 4.79 Å². The van der Waals surface area contributed by atoms with Crippen molar-refractivity contribution in [2.45, 2.75) is 44.9 Å². The molecule has 0 aliphatic heterocycles. The first-order valence-electron chi connectivity index (χ1n) is 10.3. The van der Waals surface area contributed by atoms with E-state index in [1.165, 1.54) is 0 Å². The Kier molecular flexibility index (Phi) is 4.23. The van der Waals surface area contributed by atoms with Crippen molar-refractivity contribution in [1.82, 2.24) is 0 Å². The van der Waals surface area contributed by atoms with E-state index in [0.717, 1.165) is 46.7 Å². The smallest absolute Gasteiger partial charge is 0.507 e. The lowest BCUT2D eigenvalue weighted by Gasteiger charge is -2.22. The van der Waals surface area contributed by atoms with Gasteiger partial charge in [0.25, 0.3) is 0 Å². The summed E-state index contributed by atoms with van der Waals surface area (Å²) in [5.74, 6) is 2.41. The average molecular weight is 388 g/mol. The van der Waals surface area contributed by atoms with Crippen molar-refractivity contribution in [3.63, 3.8) is 0 Å². The number of phenols is 1. The fourth-order valence-electron chi connectivity index (χ4n) is 5.27. The number of fused-ring (bicyclic) bond motifs is 6. The van der Waals surface area contributed by atoms with Gasteiger partial charge in [0.05, 0.1) is 0 Å². The van der Waals surface area contributed by atoms with Crippen LogP contribution in [0.1, 0.15) is 55.2 Å². The molecule has 0 amide bonds. The van der Waals surface area contributed by atoms with E-state index < -0.39 is 6.16 Å². The Hall–Kier alpha value is -3.01. The van der Waals surface area contributed by atoms with E-state index in [2.05, 4.69) is 13.8 Å². The average Bonchev–Trinajstić information content (AvgIpc) is 3.24. The van der Waals surface area contributed by atoms with Crippen LogP contribution in [0.15, 0.2) is 48.5 Å². The topological polar surface area (TPSA) is 55.8 Å². The largest absolute Gasteiger partial charge is 0.519 e. The number of para-hydroxylation sites is 1. The lowest BCUT2D eigenvalue weighted by molar-refractivity contribution is 0.152. The summed E-state index contributed by atoms with van der Waals surface area (Å²) >= 11 is 0. The number of aryl methyl sites for hydroxylation is 1. The van der Waals surface area contributed by atoms with Gasteiger partial charge in [-0.15, -0.1) is 0 Å². The molecule has 4 nitrogen and oxygen atoms in total. The molecule has 4 heteroatoms. The monoisotopic (exact) mass is 388 g/mol. The fourth-order valence-corrected chi connectivity index (χ4v) is 5.27. The molecule has 1 fully saturated rings. The van der Waals surface area contributed by atoms with Gasteiger partial charge in [0.2, 0.25) is 0 Å². The van der Waals surface area contributed by atoms with E-state index in [0.29, 0.717) is 35.0 Å². The molecule has 0 heterocycles. The second-order valence-electron chi connectivity index (χ2n) is 8.16. The Labute approximate surface area is 170 Å². The van der Waals surface area contributed by atoms with E-state index in [4.69, 9.17) is 9.47 Å². The second-order valence-corrected chi connectivity index (χ2v) is 8.16. The molecule has 0 spiro atoms. The van der Waals surface area contributed by atoms with Crippen LogP contribution < -0.4 is 9.47 Å². The lowest BCUT2D eigenvalue weighted by atomic mass is 9.87. The number of rotatable bonds is 3. The first kappa shape index (κ1) is 18.0. The summed E-state index contributed by atoms with van der Waals surface area (Å²) < 4.78 is 11.3. The molecule has 2 aliphatic rings. The Balaban J connectivity index is 1.65. The van der Waals surface area contributed by atoms with Gasteiger partial charge in [-0.1, -0.05) is 44.2 Å². The van der Waals surface area contributed by atoms with Crippen molar-refractivity contribution in [3.8, 4) is 17.2 Å². The van der Waals surface area contributed by atoms with Crippen molar-refractivity contribution in [3.05, 3.63) is 65.2 Å². The number of benzene rings is 3. The van der Waals surface area contributed by atoms with Crippen LogP contribution >= 0.6 is 0 Å². The van der Waals surface area contributed by atoms with E-state index in [-0.39, 0.29) is 0 Å². The summed E-state index contributed by atoms with van der Waals surface area (Å²) in [6.45, 7) is 4.32. The standard InChI is InChI=1S/C25H24O4/c1-3-15-9-10-19-20(13-15)24(29-25(27)28-16-7-5-4-6-8-16)22-18-12-11-17(14(18)2)21(22)23(19)26/h4-10,13-14,17-18,26H,3,11-12H2,1-2H3. The van der Waals surface area contributed by atoms with Crippen molar-refractivity contribution < 1.29 is 19.4 Å². The van der Waals surface area contributed by atoms with Gasteiger partial charge in [0.15, 0.2) is 0 Å². The summed E-state index contributed by atoms with van der Waals surface area (Å²) in [4.78, 5) is 12.6. The van der Waals surface area contributed by atoms with Crippen LogP contribution in [-0.2, 0) is 6.42 Å². The summed E-state index contributed by atoms with van der Waals surface area (Å²) in [7, 11) is 0. The zero-order valence-corrected chi connectivity index (χ0v) is 16.6. The number of carbonyl (C=O) groups is 1. The van der Waals surface area contributed by atoms with Crippen LogP contribution in [0.2, 0.25) is 0 Å². The minimum Gasteiger partial charge on any atom is -0.507 e. The second kappa shape index (κ2) is 6.80. The molecule has 3 aromatic rings. The van der Waals surface area contributed by atoms with Crippen LogP contribution in [0.25, 0.3) is 10.8 Å². The third-order valence-electron chi connectivity index (χ3n) is 6.71. The number of phenolic OH excluding ortho intramolecular Hbond substituents is 1. The first-order chi connectivity index (χ1) is 14.1. The van der Waals surface area contributed by atoms with E-state index >= 15 is 0 Å². The molecule has 1 saturated carbocycles. The molecule has 2 bridgehead atoms. The van der Waals surface area contributed by atoms with Crippen molar-refractivity contribution in [1.29, 1.82) is 0 Å². The predicted octanol–water partition coefficient (Wildman–Crippen LogP) is 6.30. The third kappa shape index (κ3) is 2.78. The number of ether oxygens (including phenoxy) is 2. The molecule has 3 aromatic carbocycles. The van der Waals surface area contributed by atoms with Crippen molar-refractivity contribution in [2.24, 2.45) is 5.92 Å². The van der Waals surface area contributed by atoms with Gasteiger partial charge >= 0.3 is 6.16 Å². The normalized spacial score (nSPS) is 21.9. The van der Waals surface area contributed by atoms with Gasteiger partial charge in [0, 0.05) is 21.9 Å². The molecule has 29 heavy (non-hydrogen) atoms. The Morgan fingerprint density at radius 2 is 1.72 bits per heavy atom. The minimum absolute atomic E-state index is 0.301. The molecule has 3 unspecified atom stereocenters. The number of carbonyl (C=O) groups excluding carboxylic acids is 1. The van der Waals surface area contributed by atoms with Gasteiger partial charge in [-0.2, -0.15) is 0 Å². The van der Waals surface area contributed by atoms with Gasteiger partial charge < -0.3 is 14.6 Å². The highest BCUT2D eigenvalue weighted by Gasteiger charge is 2.47. The zero-order valence-electron chi connectivity index (χ0n) is 16.6. The minimum atomic E-state index is -0.747. The van der Waals surface area contributed by atoms with Crippen LogP contribution in [0.5, 0.6) is 17.2 Å². The maximum absolute atomic E-state index is 12.6. The lowest BCUT2D eigenvalue weighted by Crippen LogP contribution is -2.16. The molecule has 0 radical (unpaired) electrons. The molecule has 3 atom stereocenters. The van der Waals surface area contributed by atoms with Gasteiger partial charge in [-0.05, 0) is 60.8 Å². The van der Waals surface area contributed by atoms with Crippen LogP contribution in [0.3, 0.4) is 0 Å². The fraction of sp³-hybridized carbons (Fsp3) is 0.320. The Bertz CT molecular complexity index is 1100. The molecular formula is C25H24O4. The summed E-state index contributed by atoms with van der Waals surface area (Å²) in [6, 6.07) is 14.9. The molecule has 0 aromatic heterocycles. The highest BCUT2D eigenvalue weighted by atomic mass is 16.7. The molecule has 0 saturated heterocycles. The van der Waals surface area contributed by atoms with Crippen LogP contribution in [0, 0.1) is 5.92 Å². The Morgan fingerprint density at radius 3 is 2.45 bits per heavy atom. The quantitative estimate of drug-likeness (QED) is 0.423. The van der Waals surface area contributed by atoms with E-state index in [1.54, 1.807) is 12.1 Å². The maximum atomic E-state index is 12.6.